The predicted octanol–water partition coefficient (Wildman–Crippen LogP) is 1.47. The van der Waals surface area contributed by atoms with Crippen LogP contribution in [0.25, 0.3) is 0 Å². The van der Waals surface area contributed by atoms with Gasteiger partial charge in [-0.3, -0.25) is 19.3 Å². The molecule has 1 fully saturated rings. The number of nitrogens with zero attached hydrogens (tertiary/aromatic N) is 2. The van der Waals surface area contributed by atoms with Crippen LogP contribution in [0.4, 0.5) is 5.13 Å². The lowest BCUT2D eigenvalue weighted by Crippen LogP contribution is -2.71. The van der Waals surface area contributed by atoms with Crippen molar-refractivity contribution in [2.24, 2.45) is 0 Å². The Hall–Kier alpha value is -2.33. The second kappa shape index (κ2) is 11.8. The number of nitrogens with one attached hydrogen (secondary N) is 2. The van der Waals surface area contributed by atoms with E-state index in [2.05, 4.69) is 15.8 Å². The van der Waals surface area contributed by atoms with Crippen molar-refractivity contribution in [3.63, 3.8) is 0 Å². The van der Waals surface area contributed by atoms with E-state index in [4.69, 9.17) is 15.3 Å². The zero-order valence-corrected chi connectivity index (χ0v) is 22.7. The number of ether oxygens (including phenoxy) is 1. The molecule has 198 valence electrons. The number of carbonyl (C=O) groups excluding carboxylic acids is 3. The average molecular weight is 560 g/mol. The molecule has 1 aromatic heterocycles. The maximum Gasteiger partial charge on any atom is 0.353 e. The summed E-state index contributed by atoms with van der Waals surface area (Å²) in [6.45, 7) is 6.66. The number of β-lactam (4-membered cyclic amide) rings is 1. The molecule has 2 aliphatic rings. The molecule has 0 bridgehead atoms. The van der Waals surface area contributed by atoms with Crippen LogP contribution in [0.3, 0.4) is 0 Å². The fraction of sp³-hybridized carbons (Fsp3) is 0.571. The minimum absolute atomic E-state index is 0.0321. The number of aliphatic carboxylic acids is 1. The number of thiazole rings is 1. The van der Waals surface area contributed by atoms with E-state index in [1.807, 2.05) is 6.92 Å². The first-order valence-electron chi connectivity index (χ1n) is 11.1. The number of rotatable bonds is 11. The van der Waals surface area contributed by atoms with Crippen molar-refractivity contribution >= 4 is 63.7 Å². The summed E-state index contributed by atoms with van der Waals surface area (Å²) in [5.41, 5.74) is 7.71. The Bertz CT molecular complexity index is 1050. The molecule has 3 heterocycles. The second-order valence-corrected chi connectivity index (χ2v) is 12.0. The molecular formula is C21H29N5O7S3. The number of carboxylic acid groups (broad SMARTS) is 1. The summed E-state index contributed by atoms with van der Waals surface area (Å²) in [7, 11) is 0. The molecule has 1 saturated heterocycles. The minimum Gasteiger partial charge on any atom is -0.477 e. The Morgan fingerprint density at radius 3 is 2.69 bits per heavy atom. The van der Waals surface area contributed by atoms with Gasteiger partial charge in [0.1, 0.15) is 22.7 Å². The molecule has 2 unspecified atom stereocenters. The number of amides is 2. The zero-order valence-electron chi connectivity index (χ0n) is 20.2. The highest BCUT2D eigenvalue weighted by molar-refractivity contribution is 8.06. The fourth-order valence-electron chi connectivity index (χ4n) is 3.40. The van der Waals surface area contributed by atoms with Crippen LogP contribution in [0, 0.1) is 0 Å². The van der Waals surface area contributed by atoms with Gasteiger partial charge in [-0.15, -0.1) is 34.9 Å². The second-order valence-electron chi connectivity index (χ2n) is 8.86. The van der Waals surface area contributed by atoms with Gasteiger partial charge in [0, 0.05) is 16.0 Å². The summed E-state index contributed by atoms with van der Waals surface area (Å²) >= 11 is 3.92. The van der Waals surface area contributed by atoms with Gasteiger partial charge in [0.25, 0.3) is 5.91 Å². The number of nitrogen functional groups attached to an aromatic ring is 1. The minimum atomic E-state index is -1.18. The van der Waals surface area contributed by atoms with Gasteiger partial charge in [0.15, 0.2) is 17.8 Å². The van der Waals surface area contributed by atoms with Gasteiger partial charge in [-0.25, -0.2) is 14.6 Å². The Labute approximate surface area is 220 Å². The van der Waals surface area contributed by atoms with Crippen LogP contribution in [0.1, 0.15) is 45.9 Å². The molecule has 2 amide bonds. The number of aromatic nitrogens is 1. The Kier molecular flexibility index (Phi) is 9.27. The number of hydrogen-bond acceptors (Lipinski definition) is 12. The van der Waals surface area contributed by atoms with Gasteiger partial charge in [-0.2, -0.15) is 5.48 Å². The topological polar surface area (TPSA) is 173 Å². The number of nitrogens with two attached hydrogens (primary N) is 1. The van der Waals surface area contributed by atoms with Gasteiger partial charge >= 0.3 is 11.9 Å². The van der Waals surface area contributed by atoms with Gasteiger partial charge < -0.3 is 20.9 Å². The number of hydroxylamine groups is 1. The van der Waals surface area contributed by atoms with Crippen LogP contribution in [0.2, 0.25) is 0 Å². The number of esters is 1. The van der Waals surface area contributed by atoms with E-state index < -0.39 is 53.4 Å². The Morgan fingerprint density at radius 1 is 1.39 bits per heavy atom. The lowest BCUT2D eigenvalue weighted by atomic mass is 10.0. The summed E-state index contributed by atoms with van der Waals surface area (Å²) in [5, 5.41) is 13.6. The number of hydrogen-bond donors (Lipinski definition) is 4. The lowest BCUT2D eigenvalue weighted by molar-refractivity contribution is -0.165. The quantitative estimate of drug-likeness (QED) is 0.175. The first kappa shape index (κ1) is 28.2. The molecule has 1 aromatic rings. The lowest BCUT2D eigenvalue weighted by Gasteiger charge is -2.49. The molecule has 36 heavy (non-hydrogen) atoms. The predicted molar refractivity (Wildman–Crippen MR) is 137 cm³/mol. The van der Waals surface area contributed by atoms with Crippen LogP contribution in [0.15, 0.2) is 16.0 Å². The van der Waals surface area contributed by atoms with Crippen molar-refractivity contribution < 1.29 is 33.9 Å². The van der Waals surface area contributed by atoms with E-state index in [1.54, 1.807) is 26.2 Å². The smallest absolute Gasteiger partial charge is 0.353 e. The van der Waals surface area contributed by atoms with Gasteiger partial charge in [-0.05, 0) is 32.9 Å². The average Bonchev–Trinajstić information content (AvgIpc) is 3.22. The fourth-order valence-corrected chi connectivity index (χ4v) is 6.49. The largest absolute Gasteiger partial charge is 0.477 e. The van der Waals surface area contributed by atoms with Gasteiger partial charge in [0.2, 0.25) is 5.91 Å². The van der Waals surface area contributed by atoms with Crippen LogP contribution in [0.5, 0.6) is 0 Å². The van der Waals surface area contributed by atoms with E-state index in [0.717, 1.165) is 23.5 Å². The van der Waals surface area contributed by atoms with E-state index in [0.29, 0.717) is 10.7 Å². The van der Waals surface area contributed by atoms with Crippen molar-refractivity contribution in [1.29, 1.82) is 0 Å². The Balaban J connectivity index is 1.69. The maximum atomic E-state index is 13.1. The van der Waals surface area contributed by atoms with E-state index in [1.165, 1.54) is 28.4 Å². The highest BCUT2D eigenvalue weighted by atomic mass is 32.2. The highest BCUT2D eigenvalue weighted by Crippen LogP contribution is 2.43. The summed E-state index contributed by atoms with van der Waals surface area (Å²) in [4.78, 5) is 61.1. The van der Waals surface area contributed by atoms with Crippen molar-refractivity contribution in [2.45, 2.75) is 57.2 Å². The zero-order chi connectivity index (χ0) is 26.6. The summed E-state index contributed by atoms with van der Waals surface area (Å²) in [6, 6.07) is -2.11. The molecule has 0 aromatic carbocycles. The number of fused-ring (bicyclic) bond motifs is 1. The summed E-state index contributed by atoms with van der Waals surface area (Å²) < 4.78 is 5.17. The third kappa shape index (κ3) is 6.70. The maximum absolute atomic E-state index is 13.1. The van der Waals surface area contributed by atoms with E-state index in [9.17, 15) is 24.3 Å². The highest BCUT2D eigenvalue weighted by Gasteiger charge is 2.54. The molecule has 3 atom stereocenters. The normalized spacial score (nSPS) is 20.4. The molecule has 15 heteroatoms. The van der Waals surface area contributed by atoms with Crippen LogP contribution >= 0.6 is 34.9 Å². The van der Waals surface area contributed by atoms with Gasteiger partial charge in [0.05, 0.1) is 5.69 Å². The summed E-state index contributed by atoms with van der Waals surface area (Å²) in [6.07, 6.45) is 0.868. The third-order valence-corrected chi connectivity index (χ3v) is 8.28. The monoisotopic (exact) mass is 559 g/mol. The Morgan fingerprint density at radius 2 is 2.11 bits per heavy atom. The van der Waals surface area contributed by atoms with Crippen LogP contribution in [-0.4, -0.2) is 73.9 Å². The van der Waals surface area contributed by atoms with Gasteiger partial charge in [-0.1, -0.05) is 6.92 Å². The molecule has 0 spiro atoms. The van der Waals surface area contributed by atoms with Crippen LogP contribution in [-0.2, 0) is 28.8 Å². The standard InChI is InChI=1S/C21H29N5O7S3/c1-5-6-34-11-9-35-18-14(17(29)26(18)15(11)19(30)31)24-16(28)13(10-8-36-20(22)23-10)25-32-7-12(27)33-21(2,3)4/h8,13-14,18,25H,5-7,9H2,1-4H3,(H2,22,23)(H,24,28)(H,30,31)/t13?,14?,18-/m0/s1. The molecule has 3 rings (SSSR count). The van der Waals surface area contributed by atoms with Crippen molar-refractivity contribution in [1.82, 2.24) is 20.7 Å². The SMILES string of the molecule is CCCSC1=C(C(=O)O)N2C(=O)C(NC(=O)C(NOCC(=O)OC(C)(C)C)c3csc(N)n3)[C@@H]2SC1. The summed E-state index contributed by atoms with van der Waals surface area (Å²) in [5.74, 6) is -1.80. The van der Waals surface area contributed by atoms with Crippen LogP contribution < -0.4 is 16.5 Å². The third-order valence-electron chi connectivity index (χ3n) is 4.82. The molecule has 0 saturated carbocycles. The number of anilines is 1. The molecular weight excluding hydrogens is 530 g/mol. The van der Waals surface area contributed by atoms with Crippen molar-refractivity contribution in [2.75, 3.05) is 23.8 Å². The van der Waals surface area contributed by atoms with E-state index >= 15 is 0 Å². The molecule has 2 aliphatic heterocycles. The molecule has 12 nitrogen and oxygen atoms in total. The number of carbonyl (C=O) groups is 4. The van der Waals surface area contributed by atoms with Crippen molar-refractivity contribution in [3.8, 4) is 0 Å². The first-order chi connectivity index (χ1) is 16.9. The molecule has 5 N–H and O–H groups in total. The molecule has 0 radical (unpaired) electrons. The van der Waals surface area contributed by atoms with E-state index in [-0.39, 0.29) is 16.5 Å². The van der Waals surface area contributed by atoms with Crippen molar-refractivity contribution in [3.05, 3.63) is 21.7 Å². The number of thioether (sulfide) groups is 2. The molecule has 0 aliphatic carbocycles. The number of carboxylic acids is 1. The first-order valence-corrected chi connectivity index (χ1v) is 14.0.